The Kier molecular flexibility index (Phi) is 5.79. The lowest BCUT2D eigenvalue weighted by Gasteiger charge is -2.33. The Hall–Kier alpha value is -1.53. The van der Waals surface area contributed by atoms with E-state index < -0.39 is 11.6 Å². The molecule has 0 saturated carbocycles. The van der Waals surface area contributed by atoms with Crippen LogP contribution in [0.15, 0.2) is 18.2 Å². The van der Waals surface area contributed by atoms with Gasteiger partial charge in [0.25, 0.3) is 0 Å². The van der Waals surface area contributed by atoms with Crippen molar-refractivity contribution in [1.82, 2.24) is 10.2 Å². The molecule has 1 N–H and O–H groups in total. The SMILES string of the molecule is O=C(NC1CCN(Cc2ccc(F)c(F)c2)CC1)C1CCCCO1. The van der Waals surface area contributed by atoms with Crippen molar-refractivity contribution >= 4 is 5.91 Å². The number of hydrogen-bond acceptors (Lipinski definition) is 3. The van der Waals surface area contributed by atoms with Crippen molar-refractivity contribution in [2.45, 2.75) is 50.8 Å². The van der Waals surface area contributed by atoms with E-state index in [1.54, 1.807) is 6.07 Å². The van der Waals surface area contributed by atoms with E-state index >= 15 is 0 Å². The molecule has 2 aliphatic rings. The molecule has 1 aromatic rings. The van der Waals surface area contributed by atoms with E-state index in [0.717, 1.165) is 50.8 Å². The number of carbonyl (C=O) groups excluding carboxylic acids is 1. The maximum atomic E-state index is 13.3. The lowest BCUT2D eigenvalue weighted by Crippen LogP contribution is -2.48. The zero-order valence-electron chi connectivity index (χ0n) is 13.8. The summed E-state index contributed by atoms with van der Waals surface area (Å²) < 4.78 is 31.7. The molecule has 24 heavy (non-hydrogen) atoms. The number of amides is 1. The minimum absolute atomic E-state index is 0.00811. The van der Waals surface area contributed by atoms with Crippen LogP contribution in [0.5, 0.6) is 0 Å². The average molecular weight is 338 g/mol. The number of halogens is 2. The van der Waals surface area contributed by atoms with Gasteiger partial charge in [0.1, 0.15) is 6.10 Å². The van der Waals surface area contributed by atoms with Gasteiger partial charge in [-0.3, -0.25) is 9.69 Å². The van der Waals surface area contributed by atoms with Crippen LogP contribution in [-0.2, 0) is 16.1 Å². The fourth-order valence-corrected chi connectivity index (χ4v) is 3.37. The lowest BCUT2D eigenvalue weighted by atomic mass is 10.0. The highest BCUT2D eigenvalue weighted by Gasteiger charge is 2.26. The van der Waals surface area contributed by atoms with Gasteiger partial charge in [-0.1, -0.05) is 6.07 Å². The Morgan fingerprint density at radius 3 is 2.62 bits per heavy atom. The first-order valence-electron chi connectivity index (χ1n) is 8.70. The molecule has 0 radical (unpaired) electrons. The highest BCUT2D eigenvalue weighted by atomic mass is 19.2. The van der Waals surface area contributed by atoms with Gasteiger partial charge in [0.2, 0.25) is 5.91 Å². The summed E-state index contributed by atoms with van der Waals surface area (Å²) in [6, 6.07) is 4.21. The first-order valence-corrected chi connectivity index (χ1v) is 8.70. The largest absolute Gasteiger partial charge is 0.368 e. The van der Waals surface area contributed by atoms with Crippen LogP contribution in [0, 0.1) is 11.6 Å². The van der Waals surface area contributed by atoms with Crippen LogP contribution >= 0.6 is 0 Å². The maximum absolute atomic E-state index is 13.3. The van der Waals surface area contributed by atoms with Gasteiger partial charge >= 0.3 is 0 Å². The van der Waals surface area contributed by atoms with E-state index in [9.17, 15) is 13.6 Å². The fraction of sp³-hybridized carbons (Fsp3) is 0.611. The van der Waals surface area contributed by atoms with Crippen molar-refractivity contribution in [2.24, 2.45) is 0 Å². The third kappa shape index (κ3) is 4.51. The Labute approximate surface area is 141 Å². The van der Waals surface area contributed by atoms with Crippen molar-refractivity contribution in [2.75, 3.05) is 19.7 Å². The number of likely N-dealkylation sites (tertiary alicyclic amines) is 1. The number of hydrogen-bond donors (Lipinski definition) is 1. The molecule has 1 aromatic carbocycles. The predicted molar refractivity (Wildman–Crippen MR) is 86.4 cm³/mol. The molecule has 4 nitrogen and oxygen atoms in total. The van der Waals surface area contributed by atoms with E-state index in [2.05, 4.69) is 10.2 Å². The molecule has 6 heteroatoms. The molecule has 2 fully saturated rings. The van der Waals surface area contributed by atoms with Crippen LogP contribution in [0.3, 0.4) is 0 Å². The molecule has 2 aliphatic heterocycles. The Balaban J connectivity index is 1.43. The third-order valence-electron chi connectivity index (χ3n) is 4.80. The molecule has 1 amide bonds. The number of rotatable bonds is 4. The Morgan fingerprint density at radius 1 is 1.17 bits per heavy atom. The molecule has 2 saturated heterocycles. The van der Waals surface area contributed by atoms with Crippen LogP contribution in [0.1, 0.15) is 37.7 Å². The lowest BCUT2D eigenvalue weighted by molar-refractivity contribution is -0.136. The third-order valence-corrected chi connectivity index (χ3v) is 4.80. The Morgan fingerprint density at radius 2 is 1.96 bits per heavy atom. The second-order valence-corrected chi connectivity index (χ2v) is 6.66. The molecule has 2 heterocycles. The molecule has 1 unspecified atom stereocenters. The highest BCUT2D eigenvalue weighted by Crippen LogP contribution is 2.17. The summed E-state index contributed by atoms with van der Waals surface area (Å²) in [6.07, 6.45) is 4.32. The summed E-state index contributed by atoms with van der Waals surface area (Å²) >= 11 is 0. The predicted octanol–water partition coefficient (Wildman–Crippen LogP) is 2.61. The molecule has 1 atom stereocenters. The molecule has 0 bridgehead atoms. The molecule has 0 aromatic heterocycles. The average Bonchev–Trinajstić information content (AvgIpc) is 2.61. The monoisotopic (exact) mass is 338 g/mol. The normalized spacial score (nSPS) is 23.2. The van der Waals surface area contributed by atoms with Gasteiger partial charge in [0, 0.05) is 32.3 Å². The minimum atomic E-state index is -0.815. The summed E-state index contributed by atoms with van der Waals surface area (Å²) in [6.45, 7) is 2.93. The number of ether oxygens (including phenoxy) is 1. The van der Waals surface area contributed by atoms with Gasteiger partial charge < -0.3 is 10.1 Å². The first kappa shape index (κ1) is 17.3. The van der Waals surface area contributed by atoms with Gasteiger partial charge in [-0.25, -0.2) is 8.78 Å². The van der Waals surface area contributed by atoms with E-state index in [1.807, 2.05) is 0 Å². The van der Waals surface area contributed by atoms with E-state index in [0.29, 0.717) is 13.2 Å². The summed E-state index contributed by atoms with van der Waals surface area (Å²) in [5, 5.41) is 3.09. The van der Waals surface area contributed by atoms with Crippen LogP contribution < -0.4 is 5.32 Å². The smallest absolute Gasteiger partial charge is 0.249 e. The topological polar surface area (TPSA) is 41.6 Å². The number of nitrogens with zero attached hydrogens (tertiary/aromatic N) is 1. The van der Waals surface area contributed by atoms with Crippen molar-refractivity contribution in [3.8, 4) is 0 Å². The van der Waals surface area contributed by atoms with Crippen molar-refractivity contribution in [3.05, 3.63) is 35.4 Å². The molecule has 0 aliphatic carbocycles. The molecule has 3 rings (SSSR count). The van der Waals surface area contributed by atoms with Crippen molar-refractivity contribution in [3.63, 3.8) is 0 Å². The molecular weight excluding hydrogens is 314 g/mol. The summed E-state index contributed by atoms with van der Waals surface area (Å²) in [4.78, 5) is 14.4. The zero-order chi connectivity index (χ0) is 16.9. The van der Waals surface area contributed by atoms with Gasteiger partial charge in [0.15, 0.2) is 11.6 Å². The standard InChI is InChI=1S/C18H24F2N2O2/c19-15-5-4-13(11-16(15)20)12-22-8-6-14(7-9-22)21-18(23)17-3-1-2-10-24-17/h4-5,11,14,17H,1-3,6-10,12H2,(H,21,23). The second-order valence-electron chi connectivity index (χ2n) is 6.66. The van der Waals surface area contributed by atoms with Gasteiger partial charge in [-0.15, -0.1) is 0 Å². The molecule has 132 valence electrons. The number of piperidine rings is 1. The van der Waals surface area contributed by atoms with Crippen LogP contribution in [0.25, 0.3) is 0 Å². The van der Waals surface area contributed by atoms with E-state index in [-0.39, 0.29) is 18.1 Å². The van der Waals surface area contributed by atoms with Crippen molar-refractivity contribution in [1.29, 1.82) is 0 Å². The number of benzene rings is 1. The molecular formula is C18H24F2N2O2. The maximum Gasteiger partial charge on any atom is 0.249 e. The summed E-state index contributed by atoms with van der Waals surface area (Å²) in [5.41, 5.74) is 0.770. The zero-order valence-corrected chi connectivity index (χ0v) is 13.8. The van der Waals surface area contributed by atoms with Crippen LogP contribution in [0.4, 0.5) is 8.78 Å². The summed E-state index contributed by atoms with van der Waals surface area (Å²) in [5.74, 6) is -1.61. The van der Waals surface area contributed by atoms with Crippen LogP contribution in [-0.4, -0.2) is 42.6 Å². The highest BCUT2D eigenvalue weighted by molar-refractivity contribution is 5.81. The quantitative estimate of drug-likeness (QED) is 0.918. The number of nitrogens with one attached hydrogen (secondary N) is 1. The van der Waals surface area contributed by atoms with E-state index in [4.69, 9.17) is 4.74 Å². The second kappa shape index (κ2) is 8.03. The number of carbonyl (C=O) groups is 1. The van der Waals surface area contributed by atoms with Gasteiger partial charge in [-0.2, -0.15) is 0 Å². The minimum Gasteiger partial charge on any atom is -0.368 e. The van der Waals surface area contributed by atoms with E-state index in [1.165, 1.54) is 12.1 Å². The van der Waals surface area contributed by atoms with Gasteiger partial charge in [0.05, 0.1) is 0 Å². The molecule has 0 spiro atoms. The first-order chi connectivity index (χ1) is 11.6. The van der Waals surface area contributed by atoms with Crippen molar-refractivity contribution < 1.29 is 18.3 Å². The fourth-order valence-electron chi connectivity index (χ4n) is 3.37. The summed E-state index contributed by atoms with van der Waals surface area (Å²) in [7, 11) is 0. The van der Waals surface area contributed by atoms with Crippen LogP contribution in [0.2, 0.25) is 0 Å². The van der Waals surface area contributed by atoms with Gasteiger partial charge in [-0.05, 0) is 49.8 Å². The Bertz CT molecular complexity index is 568.